The second-order valence-corrected chi connectivity index (χ2v) is 17.4. The van der Waals surface area contributed by atoms with E-state index < -0.39 is 6.10 Å². The largest absolute Gasteiger partial charge is 0.462 e. The summed E-state index contributed by atoms with van der Waals surface area (Å²) in [5.41, 5.74) is 0. The molecule has 0 aromatic rings. The summed E-state index contributed by atoms with van der Waals surface area (Å²) in [5, 5.41) is 0. The number of carbonyl (C=O) groups excluding carboxylic acids is 3. The standard InChI is InChI=1S/C61H98O6/c1-4-7-10-13-16-19-22-25-28-30-33-36-39-42-45-48-51-54-60(63)66-57-58(56-65-59(62)53-50-47-44-41-38-35-32-27-24-21-18-15-12-9-6-3)67-61(64)55-52-49-46-43-40-37-34-31-29-26-23-20-17-14-11-8-5-2/h7,10,16-21,25-29,32-34,36-38,41,58H,4-6,8-9,11-15,22-24,30-31,35,39-40,42-57H2,1-3H3/b10-7-,19-16-,20-17-,21-18-,28-25-,29-26-,32-27-,36-33-,37-34-,41-38-/t58-/m0/s1. The molecule has 0 saturated heterocycles. The molecule has 0 fully saturated rings. The quantitative estimate of drug-likeness (QED) is 0.0262. The predicted octanol–water partition coefficient (Wildman–Crippen LogP) is 18.1. The Bertz CT molecular complexity index is 1440. The van der Waals surface area contributed by atoms with Crippen LogP contribution in [0.15, 0.2) is 122 Å². The second kappa shape index (κ2) is 54.4. The molecule has 0 rings (SSSR count). The Morgan fingerprint density at radius 3 is 0.925 bits per heavy atom. The minimum atomic E-state index is -0.819. The van der Waals surface area contributed by atoms with E-state index in [-0.39, 0.29) is 37.5 Å². The topological polar surface area (TPSA) is 78.9 Å². The van der Waals surface area contributed by atoms with Crippen LogP contribution in [0.5, 0.6) is 0 Å². The molecule has 0 aromatic carbocycles. The molecule has 0 bridgehead atoms. The molecule has 0 aliphatic heterocycles. The van der Waals surface area contributed by atoms with Crippen LogP contribution in [0.1, 0.15) is 226 Å². The van der Waals surface area contributed by atoms with Crippen LogP contribution in [0.2, 0.25) is 0 Å². The maximum Gasteiger partial charge on any atom is 0.306 e. The van der Waals surface area contributed by atoms with E-state index >= 15 is 0 Å². The van der Waals surface area contributed by atoms with Gasteiger partial charge < -0.3 is 14.2 Å². The third-order valence-electron chi connectivity index (χ3n) is 10.9. The van der Waals surface area contributed by atoms with E-state index in [0.717, 1.165) is 128 Å². The number of carbonyl (C=O) groups is 3. The molecule has 0 spiro atoms. The van der Waals surface area contributed by atoms with Crippen molar-refractivity contribution in [3.8, 4) is 0 Å². The van der Waals surface area contributed by atoms with E-state index in [2.05, 4.69) is 142 Å². The fraction of sp³-hybridized carbons (Fsp3) is 0.623. The number of hydrogen-bond acceptors (Lipinski definition) is 6. The zero-order valence-corrected chi connectivity index (χ0v) is 43.1. The van der Waals surface area contributed by atoms with Crippen LogP contribution in [0.4, 0.5) is 0 Å². The summed E-state index contributed by atoms with van der Waals surface area (Å²) in [4.78, 5) is 38.1. The molecule has 0 aliphatic carbocycles. The molecule has 0 N–H and O–H groups in total. The molecule has 1 atom stereocenters. The van der Waals surface area contributed by atoms with Crippen LogP contribution in [-0.4, -0.2) is 37.2 Å². The zero-order valence-electron chi connectivity index (χ0n) is 43.1. The van der Waals surface area contributed by atoms with Crippen LogP contribution in [-0.2, 0) is 28.6 Å². The van der Waals surface area contributed by atoms with E-state index in [1.165, 1.54) is 51.4 Å². The normalized spacial score (nSPS) is 13.1. The molecule has 378 valence electrons. The van der Waals surface area contributed by atoms with Crippen molar-refractivity contribution in [3.63, 3.8) is 0 Å². The number of ether oxygens (including phenoxy) is 3. The smallest absolute Gasteiger partial charge is 0.306 e. The lowest BCUT2D eigenvalue weighted by Gasteiger charge is -2.18. The average molecular weight is 927 g/mol. The maximum atomic E-state index is 12.8. The van der Waals surface area contributed by atoms with E-state index in [0.29, 0.717) is 19.3 Å². The van der Waals surface area contributed by atoms with Crippen molar-refractivity contribution in [2.45, 2.75) is 232 Å². The summed E-state index contributed by atoms with van der Waals surface area (Å²) < 4.78 is 16.8. The minimum absolute atomic E-state index is 0.116. The van der Waals surface area contributed by atoms with Crippen LogP contribution in [0, 0.1) is 0 Å². The van der Waals surface area contributed by atoms with Crippen molar-refractivity contribution in [1.29, 1.82) is 0 Å². The van der Waals surface area contributed by atoms with Crippen molar-refractivity contribution in [1.82, 2.24) is 0 Å². The highest BCUT2D eigenvalue weighted by Gasteiger charge is 2.19. The van der Waals surface area contributed by atoms with E-state index in [9.17, 15) is 14.4 Å². The SMILES string of the molecule is CC/C=C\C/C=C\C/C=C\C/C=C\CCCCCCC(=O)OC[C@H](COC(=O)CCCC/C=C\C/C=C\C/C=C\CCCCC)OC(=O)CCCCCC/C=C\C/C=C\C/C=C\CCCCC. The van der Waals surface area contributed by atoms with Crippen LogP contribution < -0.4 is 0 Å². The van der Waals surface area contributed by atoms with E-state index in [4.69, 9.17) is 14.2 Å². The van der Waals surface area contributed by atoms with Crippen molar-refractivity contribution >= 4 is 17.9 Å². The van der Waals surface area contributed by atoms with E-state index in [1.807, 2.05) is 0 Å². The van der Waals surface area contributed by atoms with Crippen molar-refractivity contribution in [3.05, 3.63) is 122 Å². The predicted molar refractivity (Wildman–Crippen MR) is 288 cm³/mol. The first-order valence-electron chi connectivity index (χ1n) is 27.0. The Kier molecular flexibility index (Phi) is 51.0. The number of unbranched alkanes of at least 4 members (excludes halogenated alkanes) is 16. The molecule has 0 amide bonds. The van der Waals surface area contributed by atoms with Gasteiger partial charge in [-0.25, -0.2) is 0 Å². The van der Waals surface area contributed by atoms with Crippen molar-refractivity contribution in [2.24, 2.45) is 0 Å². The summed E-state index contributed by atoms with van der Waals surface area (Å²) in [6.07, 6.45) is 74.6. The molecule has 0 saturated carbocycles. The number of allylic oxidation sites excluding steroid dienone is 20. The first kappa shape index (κ1) is 62.8. The molecule has 0 heterocycles. The third kappa shape index (κ3) is 52.6. The highest BCUT2D eigenvalue weighted by atomic mass is 16.6. The van der Waals surface area contributed by atoms with Gasteiger partial charge >= 0.3 is 17.9 Å². The first-order valence-corrected chi connectivity index (χ1v) is 27.0. The second-order valence-electron chi connectivity index (χ2n) is 17.4. The van der Waals surface area contributed by atoms with Crippen LogP contribution in [0.25, 0.3) is 0 Å². The zero-order chi connectivity index (χ0) is 48.6. The van der Waals surface area contributed by atoms with Gasteiger partial charge in [-0.3, -0.25) is 14.4 Å². The summed E-state index contributed by atoms with van der Waals surface area (Å²) in [5.74, 6) is -1.00. The molecule has 0 aliphatic rings. The Morgan fingerprint density at radius 2 is 0.582 bits per heavy atom. The van der Waals surface area contributed by atoms with Gasteiger partial charge in [-0.2, -0.15) is 0 Å². The maximum absolute atomic E-state index is 12.8. The van der Waals surface area contributed by atoms with Gasteiger partial charge in [-0.15, -0.1) is 0 Å². The first-order chi connectivity index (χ1) is 33.0. The summed E-state index contributed by atoms with van der Waals surface area (Å²) >= 11 is 0. The Morgan fingerprint density at radius 1 is 0.313 bits per heavy atom. The van der Waals surface area contributed by atoms with Gasteiger partial charge in [-0.1, -0.05) is 194 Å². The summed E-state index contributed by atoms with van der Waals surface area (Å²) in [6.45, 7) is 6.38. The van der Waals surface area contributed by atoms with Crippen LogP contribution in [0.3, 0.4) is 0 Å². The van der Waals surface area contributed by atoms with Gasteiger partial charge in [0.1, 0.15) is 13.2 Å². The van der Waals surface area contributed by atoms with Crippen molar-refractivity contribution in [2.75, 3.05) is 13.2 Å². The fourth-order valence-corrected chi connectivity index (χ4v) is 6.86. The van der Waals surface area contributed by atoms with Gasteiger partial charge in [0, 0.05) is 19.3 Å². The monoisotopic (exact) mass is 927 g/mol. The molecular weight excluding hydrogens is 829 g/mol. The summed E-state index contributed by atoms with van der Waals surface area (Å²) in [6, 6.07) is 0. The molecule has 6 nitrogen and oxygen atoms in total. The molecular formula is C61H98O6. The van der Waals surface area contributed by atoms with Gasteiger partial charge in [-0.05, 0) is 135 Å². The molecule has 6 heteroatoms. The van der Waals surface area contributed by atoms with Crippen LogP contribution >= 0.6 is 0 Å². The van der Waals surface area contributed by atoms with Gasteiger partial charge in [0.25, 0.3) is 0 Å². The number of esters is 3. The molecule has 67 heavy (non-hydrogen) atoms. The van der Waals surface area contributed by atoms with E-state index in [1.54, 1.807) is 0 Å². The minimum Gasteiger partial charge on any atom is -0.462 e. The highest BCUT2D eigenvalue weighted by Crippen LogP contribution is 2.12. The van der Waals surface area contributed by atoms with Gasteiger partial charge in [0.05, 0.1) is 0 Å². The Hall–Kier alpha value is -4.19. The molecule has 0 aromatic heterocycles. The Labute approximate surface area is 412 Å². The number of hydrogen-bond donors (Lipinski definition) is 0. The van der Waals surface area contributed by atoms with Gasteiger partial charge in [0.2, 0.25) is 0 Å². The Balaban J connectivity index is 4.56. The average Bonchev–Trinajstić information content (AvgIpc) is 3.33. The number of rotatable bonds is 47. The highest BCUT2D eigenvalue weighted by molar-refractivity contribution is 5.71. The van der Waals surface area contributed by atoms with Crippen molar-refractivity contribution < 1.29 is 28.6 Å². The van der Waals surface area contributed by atoms with Gasteiger partial charge in [0.15, 0.2) is 6.10 Å². The molecule has 0 unspecified atom stereocenters. The lowest BCUT2D eigenvalue weighted by atomic mass is 10.1. The summed E-state index contributed by atoms with van der Waals surface area (Å²) in [7, 11) is 0. The fourth-order valence-electron chi connectivity index (χ4n) is 6.86. The third-order valence-corrected chi connectivity index (χ3v) is 10.9. The lowest BCUT2D eigenvalue weighted by Crippen LogP contribution is -2.30. The molecule has 0 radical (unpaired) electrons. The lowest BCUT2D eigenvalue weighted by molar-refractivity contribution is -0.167.